The summed E-state index contributed by atoms with van der Waals surface area (Å²) in [6, 6.07) is 0. The molecule has 0 saturated carbocycles. The van der Waals surface area contributed by atoms with E-state index in [2.05, 4.69) is 18.3 Å². The van der Waals surface area contributed by atoms with Gasteiger partial charge in [-0.2, -0.15) is 0 Å². The first-order valence-corrected chi connectivity index (χ1v) is 11.6. The first-order chi connectivity index (χ1) is 14.5. The van der Waals surface area contributed by atoms with Crippen LogP contribution < -0.4 is 5.32 Å². The molecule has 30 heavy (non-hydrogen) atoms. The van der Waals surface area contributed by atoms with E-state index in [1.54, 1.807) is 13.2 Å². The molecule has 0 spiro atoms. The summed E-state index contributed by atoms with van der Waals surface area (Å²) in [5, 5.41) is 12.5. The maximum atomic E-state index is 12.1. The predicted molar refractivity (Wildman–Crippen MR) is 122 cm³/mol. The summed E-state index contributed by atoms with van der Waals surface area (Å²) in [5.74, 6) is -0.428. The first-order valence-electron chi connectivity index (χ1n) is 11.2. The molecule has 0 aromatic heterocycles. The van der Waals surface area contributed by atoms with Gasteiger partial charge in [0.05, 0.1) is 6.10 Å². The van der Waals surface area contributed by atoms with Crippen molar-refractivity contribution in [2.75, 3.05) is 13.7 Å². The van der Waals surface area contributed by atoms with Gasteiger partial charge in [-0.05, 0) is 37.7 Å². The highest BCUT2D eigenvalue weighted by Crippen LogP contribution is 2.21. The minimum absolute atomic E-state index is 0.0979. The minimum atomic E-state index is -0.982. The molecule has 0 bridgehead atoms. The number of nitrogens with one attached hydrogen (secondary N) is 1. The van der Waals surface area contributed by atoms with Crippen LogP contribution >= 0.6 is 11.6 Å². The van der Waals surface area contributed by atoms with E-state index in [1.165, 1.54) is 37.6 Å². The van der Waals surface area contributed by atoms with E-state index in [1.807, 2.05) is 6.08 Å². The maximum absolute atomic E-state index is 12.1. The summed E-state index contributed by atoms with van der Waals surface area (Å²) in [6.45, 7) is 2.40. The summed E-state index contributed by atoms with van der Waals surface area (Å²) in [7, 11) is 1.76. The van der Waals surface area contributed by atoms with E-state index in [4.69, 9.17) is 16.3 Å². The normalized spacial score (nSPS) is 18.5. The number of allylic oxidation sites excluding steroid dienone is 2. The molecule has 2 atom stereocenters. The van der Waals surface area contributed by atoms with Crippen molar-refractivity contribution < 1.29 is 19.4 Å². The average Bonchev–Trinajstić information content (AvgIpc) is 2.75. The fourth-order valence-electron chi connectivity index (χ4n) is 3.45. The lowest BCUT2D eigenvalue weighted by Gasteiger charge is -2.19. The van der Waals surface area contributed by atoms with Crippen LogP contribution in [0.2, 0.25) is 0 Å². The number of aliphatic hydroxyl groups excluding tert-OH is 1. The molecule has 0 radical (unpaired) electrons. The molecule has 0 heterocycles. The molecule has 0 aromatic rings. The van der Waals surface area contributed by atoms with E-state index in [9.17, 15) is 14.7 Å². The smallest absolute Gasteiger partial charge is 0.220 e. The Balaban J connectivity index is 2.25. The zero-order valence-corrected chi connectivity index (χ0v) is 19.3. The van der Waals surface area contributed by atoms with Crippen molar-refractivity contribution in [2.24, 2.45) is 0 Å². The zero-order valence-electron chi connectivity index (χ0n) is 18.5. The van der Waals surface area contributed by atoms with Gasteiger partial charge in [0.1, 0.15) is 6.10 Å². The summed E-state index contributed by atoms with van der Waals surface area (Å²) in [5.41, 5.74) is 2.24. The molecule has 1 amide bonds. The number of rotatable bonds is 15. The third-order valence-electron chi connectivity index (χ3n) is 5.38. The van der Waals surface area contributed by atoms with Crippen molar-refractivity contribution in [3.05, 3.63) is 34.9 Å². The van der Waals surface area contributed by atoms with Gasteiger partial charge in [-0.25, -0.2) is 0 Å². The fraction of sp³-hybridized carbons (Fsp3) is 0.667. The third-order valence-corrected chi connectivity index (χ3v) is 5.64. The van der Waals surface area contributed by atoms with Crippen LogP contribution in [0.3, 0.4) is 0 Å². The molecular formula is C24H38ClNO4. The van der Waals surface area contributed by atoms with E-state index in [0.29, 0.717) is 36.8 Å². The highest BCUT2D eigenvalue weighted by molar-refractivity contribution is 6.26. The number of unbranched alkanes of at least 4 members (excludes halogenated alkanes) is 4. The monoisotopic (exact) mass is 439 g/mol. The summed E-state index contributed by atoms with van der Waals surface area (Å²) in [6.07, 6.45) is 15.5. The van der Waals surface area contributed by atoms with Crippen molar-refractivity contribution in [3.63, 3.8) is 0 Å². The molecule has 1 rings (SSSR count). The molecule has 0 aliphatic heterocycles. The Hall–Kier alpha value is -1.43. The van der Waals surface area contributed by atoms with E-state index in [-0.39, 0.29) is 24.3 Å². The molecule has 0 unspecified atom stereocenters. The Kier molecular flexibility index (Phi) is 14.4. The first kappa shape index (κ1) is 26.6. The Labute approximate surface area is 186 Å². The van der Waals surface area contributed by atoms with Crippen LogP contribution in [0.4, 0.5) is 0 Å². The molecule has 1 aliphatic carbocycles. The highest BCUT2D eigenvalue weighted by atomic mass is 35.5. The standard InChI is InChI=1S/C24H38ClNO4/c1-3-4-5-6-8-12-20(30-2)13-9-7-10-16-23(28)26-18-19(17-25)21-14-11-15-22(27)24(21)29/h7,9,14,17,20,22,27H,3-6,8,10-13,15-16,18H2,1-2H3,(H,26,28)/b9-7+,19-17-/t20-,22+/m0/s1. The molecule has 1 aliphatic rings. The second kappa shape index (κ2) is 16.3. The average molecular weight is 440 g/mol. The van der Waals surface area contributed by atoms with Gasteiger partial charge in [0.15, 0.2) is 5.78 Å². The van der Waals surface area contributed by atoms with Crippen molar-refractivity contribution in [2.45, 2.75) is 89.8 Å². The van der Waals surface area contributed by atoms with Crippen molar-refractivity contribution in [1.29, 1.82) is 0 Å². The van der Waals surface area contributed by atoms with Crippen LogP contribution in [-0.4, -0.2) is 42.7 Å². The van der Waals surface area contributed by atoms with Crippen molar-refractivity contribution in [3.8, 4) is 0 Å². The summed E-state index contributed by atoms with van der Waals surface area (Å²) >= 11 is 5.84. The number of aliphatic hydroxyl groups is 1. The number of hydrogen-bond acceptors (Lipinski definition) is 4. The second-order valence-corrected chi connectivity index (χ2v) is 8.01. The lowest BCUT2D eigenvalue weighted by Crippen LogP contribution is -2.31. The number of methoxy groups -OCH3 is 1. The molecule has 6 heteroatoms. The predicted octanol–water partition coefficient (Wildman–Crippen LogP) is 4.98. The molecule has 0 fully saturated rings. The van der Waals surface area contributed by atoms with Gasteiger partial charge in [-0.15, -0.1) is 0 Å². The van der Waals surface area contributed by atoms with Gasteiger partial charge in [-0.1, -0.05) is 68.9 Å². The Morgan fingerprint density at radius 3 is 2.80 bits per heavy atom. The quantitative estimate of drug-likeness (QED) is 0.279. The van der Waals surface area contributed by atoms with Crippen molar-refractivity contribution in [1.82, 2.24) is 5.32 Å². The van der Waals surface area contributed by atoms with E-state index in [0.717, 1.165) is 12.8 Å². The number of carbonyl (C=O) groups is 2. The molecule has 5 nitrogen and oxygen atoms in total. The van der Waals surface area contributed by atoms with Crippen LogP contribution in [0.5, 0.6) is 0 Å². The molecular weight excluding hydrogens is 402 g/mol. The van der Waals surface area contributed by atoms with Gasteiger partial charge < -0.3 is 15.2 Å². The van der Waals surface area contributed by atoms with E-state index < -0.39 is 6.10 Å². The van der Waals surface area contributed by atoms with Crippen LogP contribution in [0.15, 0.2) is 34.9 Å². The summed E-state index contributed by atoms with van der Waals surface area (Å²) < 4.78 is 5.54. The van der Waals surface area contributed by atoms with Gasteiger partial charge in [0.25, 0.3) is 0 Å². The number of ketones is 1. The lowest BCUT2D eigenvalue weighted by molar-refractivity contribution is -0.124. The number of amides is 1. The number of hydrogen-bond donors (Lipinski definition) is 2. The van der Waals surface area contributed by atoms with Crippen LogP contribution in [0.25, 0.3) is 0 Å². The topological polar surface area (TPSA) is 75.6 Å². The number of halogens is 1. The highest BCUT2D eigenvalue weighted by Gasteiger charge is 2.25. The second-order valence-electron chi connectivity index (χ2n) is 7.79. The Bertz CT molecular complexity index is 612. The number of ether oxygens (including phenoxy) is 1. The van der Waals surface area contributed by atoms with Crippen LogP contribution in [-0.2, 0) is 14.3 Å². The van der Waals surface area contributed by atoms with Crippen LogP contribution in [0, 0.1) is 0 Å². The van der Waals surface area contributed by atoms with E-state index >= 15 is 0 Å². The molecule has 170 valence electrons. The third kappa shape index (κ3) is 10.6. The Morgan fingerprint density at radius 2 is 2.10 bits per heavy atom. The zero-order chi connectivity index (χ0) is 22.2. The van der Waals surface area contributed by atoms with Crippen LogP contribution in [0.1, 0.15) is 77.6 Å². The fourth-order valence-corrected chi connectivity index (χ4v) is 3.64. The number of Topliss-reactive ketones (excluding diaryl/α,β-unsaturated/α-hetero) is 1. The Morgan fingerprint density at radius 1 is 1.33 bits per heavy atom. The summed E-state index contributed by atoms with van der Waals surface area (Å²) in [4.78, 5) is 24.1. The molecule has 2 N–H and O–H groups in total. The van der Waals surface area contributed by atoms with Gasteiger partial charge in [0.2, 0.25) is 5.91 Å². The number of carbonyl (C=O) groups excluding carboxylic acids is 2. The van der Waals surface area contributed by atoms with Gasteiger partial charge in [0, 0.05) is 31.2 Å². The lowest BCUT2D eigenvalue weighted by atomic mass is 9.91. The largest absolute Gasteiger partial charge is 0.385 e. The molecule has 0 saturated heterocycles. The SMILES string of the molecule is CCCCCCC[C@@H](C/C=C/CCC(=O)NC/C(=C/Cl)C1=CCC[C@@H](O)C1=O)OC. The maximum Gasteiger partial charge on any atom is 0.220 e. The minimum Gasteiger partial charge on any atom is -0.385 e. The van der Waals surface area contributed by atoms with Gasteiger partial charge in [-0.3, -0.25) is 9.59 Å². The van der Waals surface area contributed by atoms with Gasteiger partial charge >= 0.3 is 0 Å². The molecule has 0 aromatic carbocycles. The van der Waals surface area contributed by atoms with Crippen molar-refractivity contribution >= 4 is 23.3 Å².